The van der Waals surface area contributed by atoms with Crippen LogP contribution in [0.5, 0.6) is 0 Å². The van der Waals surface area contributed by atoms with Gasteiger partial charge in [-0.15, -0.1) is 0 Å². The largest absolute Gasteiger partial charge is 0.377 e. The Kier molecular flexibility index (Phi) is 4.42. The van der Waals surface area contributed by atoms with E-state index in [2.05, 4.69) is 33.4 Å². The van der Waals surface area contributed by atoms with Gasteiger partial charge in [0, 0.05) is 28.1 Å². The molecule has 0 spiro atoms. The maximum Gasteiger partial charge on any atom is 0.0675 e. The molecule has 3 rings (SSSR count). The number of halogens is 2. The SMILES string of the molecule is CNCC1(Cc2ccc(Br)cc2Cl)CCOC1C1CC1. The van der Waals surface area contributed by atoms with E-state index in [0.29, 0.717) is 6.10 Å². The third kappa shape index (κ3) is 2.92. The van der Waals surface area contributed by atoms with E-state index < -0.39 is 0 Å². The van der Waals surface area contributed by atoms with Gasteiger partial charge in [0.15, 0.2) is 0 Å². The van der Waals surface area contributed by atoms with Crippen LogP contribution >= 0.6 is 27.5 Å². The first-order chi connectivity index (χ1) is 9.64. The fourth-order valence-electron chi connectivity index (χ4n) is 3.58. The molecule has 1 saturated carbocycles. The standard InChI is InChI=1S/C16H21BrClNO/c1-19-10-16(6-7-20-15(16)11-2-3-11)9-12-4-5-13(17)8-14(12)18/h4-5,8,11,15,19H,2-3,6-7,9-10H2,1H3. The average Bonchev–Trinajstić information content (AvgIpc) is 3.16. The van der Waals surface area contributed by atoms with Gasteiger partial charge >= 0.3 is 0 Å². The van der Waals surface area contributed by atoms with Crippen LogP contribution in [0.1, 0.15) is 24.8 Å². The van der Waals surface area contributed by atoms with E-state index in [1.54, 1.807) is 0 Å². The summed E-state index contributed by atoms with van der Waals surface area (Å²) in [6, 6.07) is 6.22. The molecule has 4 heteroatoms. The molecule has 0 bridgehead atoms. The van der Waals surface area contributed by atoms with Gasteiger partial charge in [-0.05, 0) is 56.3 Å². The molecule has 2 unspecified atom stereocenters. The highest BCUT2D eigenvalue weighted by Crippen LogP contribution is 2.49. The molecule has 1 aromatic carbocycles. The molecular weight excluding hydrogens is 338 g/mol. The molecule has 2 aliphatic rings. The summed E-state index contributed by atoms with van der Waals surface area (Å²) in [6.45, 7) is 1.89. The molecule has 20 heavy (non-hydrogen) atoms. The van der Waals surface area contributed by atoms with E-state index in [1.807, 2.05) is 13.1 Å². The number of hydrogen-bond donors (Lipinski definition) is 1. The van der Waals surface area contributed by atoms with Gasteiger partial charge in [-0.1, -0.05) is 33.6 Å². The molecule has 0 aromatic heterocycles. The monoisotopic (exact) mass is 357 g/mol. The van der Waals surface area contributed by atoms with Crippen molar-refractivity contribution in [3.05, 3.63) is 33.3 Å². The van der Waals surface area contributed by atoms with Crippen LogP contribution in [-0.4, -0.2) is 26.3 Å². The lowest BCUT2D eigenvalue weighted by molar-refractivity contribution is 0.0315. The third-order valence-electron chi connectivity index (χ3n) is 4.64. The Hall–Kier alpha value is -0.0900. The molecule has 2 nitrogen and oxygen atoms in total. The van der Waals surface area contributed by atoms with Crippen molar-refractivity contribution in [3.63, 3.8) is 0 Å². The lowest BCUT2D eigenvalue weighted by Gasteiger charge is -2.35. The Labute approximate surface area is 134 Å². The van der Waals surface area contributed by atoms with Gasteiger partial charge in [0.2, 0.25) is 0 Å². The average molecular weight is 359 g/mol. The fraction of sp³-hybridized carbons (Fsp3) is 0.625. The predicted molar refractivity (Wildman–Crippen MR) is 86.3 cm³/mol. The molecule has 1 heterocycles. The van der Waals surface area contributed by atoms with Gasteiger partial charge in [-0.25, -0.2) is 0 Å². The fourth-order valence-corrected chi connectivity index (χ4v) is 4.32. The van der Waals surface area contributed by atoms with Crippen molar-refractivity contribution in [1.82, 2.24) is 5.32 Å². The second-order valence-corrected chi connectivity index (χ2v) is 7.51. The van der Waals surface area contributed by atoms with E-state index >= 15 is 0 Å². The number of benzene rings is 1. The van der Waals surface area contributed by atoms with Crippen molar-refractivity contribution in [1.29, 1.82) is 0 Å². The molecule has 1 aliphatic heterocycles. The van der Waals surface area contributed by atoms with Crippen LogP contribution in [0.4, 0.5) is 0 Å². The molecule has 110 valence electrons. The Bertz CT molecular complexity index is 491. The summed E-state index contributed by atoms with van der Waals surface area (Å²) >= 11 is 9.90. The minimum absolute atomic E-state index is 0.202. The van der Waals surface area contributed by atoms with Crippen LogP contribution in [0.3, 0.4) is 0 Å². The highest BCUT2D eigenvalue weighted by Gasteiger charge is 2.50. The van der Waals surface area contributed by atoms with Gasteiger partial charge in [-0.2, -0.15) is 0 Å². The zero-order valence-electron chi connectivity index (χ0n) is 11.8. The summed E-state index contributed by atoms with van der Waals surface area (Å²) in [6.07, 6.45) is 5.17. The summed E-state index contributed by atoms with van der Waals surface area (Å²) in [7, 11) is 2.03. The Morgan fingerprint density at radius 2 is 2.25 bits per heavy atom. The van der Waals surface area contributed by atoms with Gasteiger partial charge in [0.1, 0.15) is 0 Å². The zero-order chi connectivity index (χ0) is 14.2. The summed E-state index contributed by atoms with van der Waals surface area (Å²) in [5, 5.41) is 4.24. The molecule has 1 aromatic rings. The maximum absolute atomic E-state index is 6.42. The van der Waals surface area contributed by atoms with Crippen LogP contribution in [0.2, 0.25) is 5.02 Å². The van der Waals surface area contributed by atoms with Crippen LogP contribution in [-0.2, 0) is 11.2 Å². The summed E-state index contributed by atoms with van der Waals surface area (Å²) in [5.74, 6) is 0.764. The van der Waals surface area contributed by atoms with Gasteiger partial charge in [-0.3, -0.25) is 0 Å². The van der Waals surface area contributed by atoms with Crippen LogP contribution in [0.25, 0.3) is 0 Å². The minimum atomic E-state index is 0.202. The topological polar surface area (TPSA) is 21.3 Å². The molecule has 0 radical (unpaired) electrons. The second kappa shape index (κ2) is 5.96. The van der Waals surface area contributed by atoms with Gasteiger partial charge in [0.25, 0.3) is 0 Å². The van der Waals surface area contributed by atoms with Crippen molar-refractivity contribution in [2.24, 2.45) is 11.3 Å². The Balaban J connectivity index is 1.86. The van der Waals surface area contributed by atoms with E-state index in [9.17, 15) is 0 Å². The Morgan fingerprint density at radius 3 is 2.90 bits per heavy atom. The third-order valence-corrected chi connectivity index (χ3v) is 5.48. The molecule has 2 atom stereocenters. The molecule has 0 amide bonds. The summed E-state index contributed by atoms with van der Waals surface area (Å²) in [4.78, 5) is 0. The summed E-state index contributed by atoms with van der Waals surface area (Å²) in [5.41, 5.74) is 1.44. The first kappa shape index (κ1) is 14.8. The van der Waals surface area contributed by atoms with Gasteiger partial charge in [0.05, 0.1) is 6.10 Å². The normalized spacial score (nSPS) is 29.9. The second-order valence-electron chi connectivity index (χ2n) is 6.18. The smallest absolute Gasteiger partial charge is 0.0675 e. The first-order valence-corrected chi connectivity index (χ1v) is 8.52. The van der Waals surface area contributed by atoms with E-state index in [-0.39, 0.29) is 5.41 Å². The maximum atomic E-state index is 6.42. The quantitative estimate of drug-likeness (QED) is 0.857. The highest BCUT2D eigenvalue weighted by atomic mass is 79.9. The molecule has 1 aliphatic carbocycles. The molecule has 1 saturated heterocycles. The lowest BCUT2D eigenvalue weighted by Crippen LogP contribution is -2.42. The Morgan fingerprint density at radius 1 is 1.45 bits per heavy atom. The van der Waals surface area contributed by atoms with E-state index in [1.165, 1.54) is 18.4 Å². The van der Waals surface area contributed by atoms with Crippen LogP contribution in [0.15, 0.2) is 22.7 Å². The molecule has 2 fully saturated rings. The predicted octanol–water partition coefficient (Wildman–Crippen LogP) is 4.05. The number of ether oxygens (including phenoxy) is 1. The number of hydrogen-bond acceptors (Lipinski definition) is 2. The number of rotatable bonds is 5. The van der Waals surface area contributed by atoms with Crippen molar-refractivity contribution < 1.29 is 4.74 Å². The number of nitrogens with one attached hydrogen (secondary N) is 1. The van der Waals surface area contributed by atoms with Crippen LogP contribution < -0.4 is 5.32 Å². The lowest BCUT2D eigenvalue weighted by atomic mass is 9.74. The minimum Gasteiger partial charge on any atom is -0.377 e. The highest BCUT2D eigenvalue weighted by molar-refractivity contribution is 9.10. The molecule has 1 N–H and O–H groups in total. The van der Waals surface area contributed by atoms with Crippen molar-refractivity contribution >= 4 is 27.5 Å². The van der Waals surface area contributed by atoms with Crippen molar-refractivity contribution in [2.45, 2.75) is 31.8 Å². The van der Waals surface area contributed by atoms with E-state index in [4.69, 9.17) is 16.3 Å². The zero-order valence-corrected chi connectivity index (χ0v) is 14.1. The first-order valence-electron chi connectivity index (χ1n) is 7.35. The van der Waals surface area contributed by atoms with Crippen LogP contribution in [0, 0.1) is 11.3 Å². The van der Waals surface area contributed by atoms with Gasteiger partial charge < -0.3 is 10.1 Å². The summed E-state index contributed by atoms with van der Waals surface area (Å²) < 4.78 is 7.13. The van der Waals surface area contributed by atoms with Crippen molar-refractivity contribution in [2.75, 3.05) is 20.2 Å². The molecular formula is C16H21BrClNO. The van der Waals surface area contributed by atoms with Crippen molar-refractivity contribution in [3.8, 4) is 0 Å². The van der Waals surface area contributed by atoms with E-state index in [0.717, 1.165) is 41.4 Å².